The van der Waals surface area contributed by atoms with Crippen molar-refractivity contribution in [2.75, 3.05) is 0 Å². The Hall–Kier alpha value is -3.11. The third-order valence-electron chi connectivity index (χ3n) is 7.29. The van der Waals surface area contributed by atoms with Gasteiger partial charge in [0.2, 0.25) is 5.91 Å². The van der Waals surface area contributed by atoms with E-state index in [1.807, 2.05) is 19.9 Å². The van der Waals surface area contributed by atoms with E-state index < -0.39 is 6.04 Å². The van der Waals surface area contributed by atoms with Gasteiger partial charge in [-0.1, -0.05) is 62.4 Å². The first-order valence-corrected chi connectivity index (χ1v) is 12.2. The van der Waals surface area contributed by atoms with Crippen LogP contribution in [-0.4, -0.2) is 17.1 Å². The number of carbonyl (C=O) groups is 1. The largest absolute Gasteiger partial charge is 0.508 e. The minimum absolute atomic E-state index is 0.0423. The number of nitrogens with one attached hydrogen (secondary N) is 1. The van der Waals surface area contributed by atoms with Crippen molar-refractivity contribution >= 4 is 5.91 Å². The lowest BCUT2D eigenvalue weighted by Crippen LogP contribution is -2.45. The van der Waals surface area contributed by atoms with Crippen molar-refractivity contribution in [2.45, 2.75) is 70.9 Å². The molecule has 0 bridgehead atoms. The van der Waals surface area contributed by atoms with Crippen LogP contribution in [0.5, 0.6) is 5.75 Å². The zero-order chi connectivity index (χ0) is 24.5. The lowest BCUT2D eigenvalue weighted by molar-refractivity contribution is -0.123. The number of aromatic hydroxyl groups is 1. The molecule has 4 rings (SSSR count). The second-order valence-corrected chi connectivity index (χ2v) is 10.4. The molecule has 3 aromatic rings. The maximum Gasteiger partial charge on any atom is 0.237 e. The molecule has 0 spiro atoms. The number of phenols is 1. The fourth-order valence-corrected chi connectivity index (χ4v) is 5.29. The third-order valence-corrected chi connectivity index (χ3v) is 7.29. The second kappa shape index (κ2) is 9.63. The molecule has 0 saturated carbocycles. The van der Waals surface area contributed by atoms with E-state index in [1.54, 1.807) is 12.1 Å². The van der Waals surface area contributed by atoms with Gasteiger partial charge in [-0.05, 0) is 96.0 Å². The summed E-state index contributed by atoms with van der Waals surface area (Å²) in [4.78, 5) is 13.2. The van der Waals surface area contributed by atoms with Crippen LogP contribution < -0.4 is 11.1 Å². The predicted molar refractivity (Wildman–Crippen MR) is 138 cm³/mol. The molecule has 4 N–H and O–H groups in total. The van der Waals surface area contributed by atoms with E-state index in [-0.39, 0.29) is 23.1 Å². The van der Waals surface area contributed by atoms with E-state index in [0.29, 0.717) is 6.42 Å². The number of amides is 1. The van der Waals surface area contributed by atoms with Crippen LogP contribution in [0.2, 0.25) is 0 Å². The number of hydrogen-bond donors (Lipinski definition) is 3. The molecular formula is C30H36N2O2. The number of aryl methyl sites for hydroxylation is 2. The molecule has 0 heterocycles. The molecular weight excluding hydrogens is 420 g/mol. The highest BCUT2D eigenvalue weighted by molar-refractivity contribution is 5.82. The molecule has 178 valence electrons. The van der Waals surface area contributed by atoms with Gasteiger partial charge in [-0.3, -0.25) is 4.79 Å². The van der Waals surface area contributed by atoms with Gasteiger partial charge in [0.15, 0.2) is 0 Å². The Morgan fingerprint density at radius 1 is 1.06 bits per heavy atom. The molecule has 0 fully saturated rings. The summed E-state index contributed by atoms with van der Waals surface area (Å²) in [5.74, 6) is 0.112. The van der Waals surface area contributed by atoms with Crippen LogP contribution in [0.4, 0.5) is 0 Å². The molecule has 3 aromatic carbocycles. The SMILES string of the molecule is Cc1cc(O)cc(C)c1C[C@H](N)C(=O)N[C@@H]1CCC(C)(C)c2ccc(Cc3ccccc3)cc21. The fraction of sp³-hybridized carbons (Fsp3) is 0.367. The Morgan fingerprint density at radius 2 is 1.74 bits per heavy atom. The smallest absolute Gasteiger partial charge is 0.237 e. The quantitative estimate of drug-likeness (QED) is 0.465. The Kier molecular flexibility index (Phi) is 6.81. The standard InChI is InChI=1S/C30H36N2O2/c1-19-14-23(33)15-20(2)24(19)18-27(31)29(34)32-28-12-13-30(3,4)26-11-10-22(17-25(26)28)16-21-8-6-5-7-9-21/h5-11,14-15,17,27-28,33H,12-13,16,18,31H2,1-4H3,(H,32,34)/t27-,28+/m0/s1. The molecule has 0 saturated heterocycles. The summed E-state index contributed by atoms with van der Waals surface area (Å²) < 4.78 is 0. The van der Waals surface area contributed by atoms with Gasteiger partial charge in [0.1, 0.15) is 5.75 Å². The highest BCUT2D eigenvalue weighted by atomic mass is 16.3. The molecule has 4 heteroatoms. The molecule has 1 aliphatic carbocycles. The first kappa shape index (κ1) is 24.0. The van der Waals surface area contributed by atoms with Crippen molar-refractivity contribution in [3.8, 4) is 5.75 Å². The van der Waals surface area contributed by atoms with E-state index in [2.05, 4.69) is 61.6 Å². The van der Waals surface area contributed by atoms with E-state index in [9.17, 15) is 9.90 Å². The Bertz CT molecular complexity index is 1160. The van der Waals surface area contributed by atoms with Crippen molar-refractivity contribution in [3.63, 3.8) is 0 Å². The van der Waals surface area contributed by atoms with Crippen LogP contribution in [0, 0.1) is 13.8 Å². The number of nitrogens with two attached hydrogens (primary N) is 1. The van der Waals surface area contributed by atoms with E-state index in [0.717, 1.165) is 36.0 Å². The summed E-state index contributed by atoms with van der Waals surface area (Å²) in [6.45, 7) is 8.45. The zero-order valence-corrected chi connectivity index (χ0v) is 20.7. The summed E-state index contributed by atoms with van der Waals surface area (Å²) in [6, 6.07) is 20.0. The van der Waals surface area contributed by atoms with Crippen LogP contribution >= 0.6 is 0 Å². The summed E-state index contributed by atoms with van der Waals surface area (Å²) >= 11 is 0. The van der Waals surface area contributed by atoms with Crippen molar-refractivity contribution < 1.29 is 9.90 Å². The Morgan fingerprint density at radius 3 is 2.41 bits per heavy atom. The first-order valence-electron chi connectivity index (χ1n) is 12.2. The van der Waals surface area contributed by atoms with Gasteiger partial charge in [0.25, 0.3) is 0 Å². The highest BCUT2D eigenvalue weighted by Crippen LogP contribution is 2.42. The second-order valence-electron chi connectivity index (χ2n) is 10.4. The maximum atomic E-state index is 13.2. The van der Waals surface area contributed by atoms with Crippen LogP contribution in [0.25, 0.3) is 0 Å². The Labute approximate surface area is 203 Å². The summed E-state index contributed by atoms with van der Waals surface area (Å²) in [5.41, 5.74) is 14.4. The summed E-state index contributed by atoms with van der Waals surface area (Å²) in [6.07, 6.45) is 3.22. The van der Waals surface area contributed by atoms with Gasteiger partial charge in [0, 0.05) is 0 Å². The van der Waals surface area contributed by atoms with Crippen molar-refractivity contribution in [3.05, 3.63) is 99.6 Å². The number of phenolic OH excluding ortho intramolecular Hbond substituents is 1. The number of fused-ring (bicyclic) bond motifs is 1. The molecule has 0 unspecified atom stereocenters. The molecule has 1 aliphatic rings. The van der Waals surface area contributed by atoms with Crippen molar-refractivity contribution in [1.29, 1.82) is 0 Å². The van der Waals surface area contributed by atoms with Crippen LogP contribution in [0.3, 0.4) is 0 Å². The van der Waals surface area contributed by atoms with Gasteiger partial charge in [0.05, 0.1) is 12.1 Å². The number of rotatable bonds is 6. The number of benzene rings is 3. The number of hydrogen-bond acceptors (Lipinski definition) is 3. The van der Waals surface area contributed by atoms with Gasteiger partial charge in [-0.2, -0.15) is 0 Å². The zero-order valence-electron chi connectivity index (χ0n) is 20.7. The molecule has 4 nitrogen and oxygen atoms in total. The topological polar surface area (TPSA) is 75.3 Å². The monoisotopic (exact) mass is 456 g/mol. The summed E-state index contributed by atoms with van der Waals surface area (Å²) in [7, 11) is 0. The minimum Gasteiger partial charge on any atom is -0.508 e. The molecule has 0 aromatic heterocycles. The molecule has 34 heavy (non-hydrogen) atoms. The minimum atomic E-state index is -0.646. The first-order chi connectivity index (χ1) is 16.1. The maximum absolute atomic E-state index is 13.2. The molecule has 1 amide bonds. The van der Waals surface area contributed by atoms with Crippen LogP contribution in [0.15, 0.2) is 60.7 Å². The van der Waals surface area contributed by atoms with Gasteiger partial charge in [-0.15, -0.1) is 0 Å². The third kappa shape index (κ3) is 5.18. The molecule has 0 aliphatic heterocycles. The highest BCUT2D eigenvalue weighted by Gasteiger charge is 2.34. The fourth-order valence-electron chi connectivity index (χ4n) is 5.29. The van der Waals surface area contributed by atoms with E-state index in [4.69, 9.17) is 5.73 Å². The summed E-state index contributed by atoms with van der Waals surface area (Å²) in [5, 5.41) is 13.1. The molecule has 2 atom stereocenters. The van der Waals surface area contributed by atoms with Crippen molar-refractivity contribution in [2.24, 2.45) is 5.73 Å². The average molecular weight is 457 g/mol. The van der Waals surface area contributed by atoms with E-state index >= 15 is 0 Å². The van der Waals surface area contributed by atoms with Gasteiger partial charge >= 0.3 is 0 Å². The normalized spacial score (nSPS) is 17.6. The van der Waals surface area contributed by atoms with Gasteiger partial charge in [-0.25, -0.2) is 0 Å². The lowest BCUT2D eigenvalue weighted by Gasteiger charge is -2.38. The predicted octanol–water partition coefficient (Wildman–Crippen LogP) is 5.40. The van der Waals surface area contributed by atoms with Gasteiger partial charge < -0.3 is 16.2 Å². The molecule has 0 radical (unpaired) electrons. The Balaban J connectivity index is 1.54. The lowest BCUT2D eigenvalue weighted by atomic mass is 9.70. The average Bonchev–Trinajstić information content (AvgIpc) is 2.78. The van der Waals surface area contributed by atoms with E-state index in [1.165, 1.54) is 22.3 Å². The van der Waals surface area contributed by atoms with Crippen molar-refractivity contribution in [1.82, 2.24) is 5.32 Å². The van der Waals surface area contributed by atoms with Crippen LogP contribution in [0.1, 0.15) is 71.7 Å². The number of carbonyl (C=O) groups excluding carboxylic acids is 1. The van der Waals surface area contributed by atoms with Crippen LogP contribution in [-0.2, 0) is 23.1 Å².